The zero-order chi connectivity index (χ0) is 83.4. The Kier molecular flexibility index (Phi) is 47.7. The topological polar surface area (TPSA) is 68.3 Å². The molecule has 0 radical (unpaired) electrons. The summed E-state index contributed by atoms with van der Waals surface area (Å²) < 4.78 is 39.9. The van der Waals surface area contributed by atoms with E-state index < -0.39 is 20.6 Å². The standard InChI is InChI=1S/C21H20O2S3.C21H20OS3.C21H20S3.C16H16OS2.C14H13IS.C7H6BrI/c22-26(23,16-19-10-5-2-6-11-19)17-20-12-7-13-21(14-20)25-24-15-18-8-3-1-4-9-18;22-25(16-19-10-5-2-6-11-19)17-20-12-7-13-21(14-20)24-23-15-18-8-3-1-4-9-18;1-3-8-18(9-4-1)15-22-16-20-12-7-13-21(14-20)24-23-17-19-10-5-2-6-11-19;1-13(17)19-16-9-5-8-15(10-16)12-18-11-14-6-3-2-4-7-14;15-14-8-4-7-13(9-14)11-16-10-12-5-2-1-3-6-12;8-5-6-2-1-3-7(9)4-6/h1-14H,15-17H2;1-14H,15-17H2;1-14H,15-17H2;2-10H,11-12H2,1H3;1-9H,10-11H2;1-4H,5H2. The normalized spacial score (nSPS) is 10.9. The Bertz CT molecular complexity index is 5230. The summed E-state index contributed by atoms with van der Waals surface area (Å²) in [7, 11) is 6.75. The number of carbonyl (C=O) groups excluding carboxylic acids is 1. The van der Waals surface area contributed by atoms with Gasteiger partial charge in [0.15, 0.2) is 15.0 Å². The minimum absolute atomic E-state index is 0.0691. The van der Waals surface area contributed by atoms with E-state index in [1.54, 1.807) is 39.3 Å². The van der Waals surface area contributed by atoms with Crippen LogP contribution in [-0.2, 0) is 106 Å². The highest BCUT2D eigenvalue weighted by Gasteiger charge is 2.15. The Morgan fingerprint density at radius 2 is 0.538 bits per heavy atom. The van der Waals surface area contributed by atoms with Gasteiger partial charge < -0.3 is 0 Å². The molecule has 0 amide bonds. The van der Waals surface area contributed by atoms with Crippen LogP contribution in [0.1, 0.15) is 84.8 Å². The van der Waals surface area contributed by atoms with Crippen molar-refractivity contribution in [3.05, 3.63) is 473 Å². The maximum absolute atomic E-state index is 12.5. The van der Waals surface area contributed by atoms with Gasteiger partial charge in [0.05, 0.1) is 11.5 Å². The Hall–Kier alpha value is -5.71. The zero-order valence-electron chi connectivity index (χ0n) is 66.0. The van der Waals surface area contributed by atoms with Crippen LogP contribution in [0.5, 0.6) is 0 Å². The van der Waals surface area contributed by atoms with E-state index in [-0.39, 0.29) is 16.6 Å². The lowest BCUT2D eigenvalue weighted by atomic mass is 10.2. The minimum Gasteiger partial charge on any atom is -0.287 e. The first kappa shape index (κ1) is 97.1. The molecule has 0 aliphatic rings. The van der Waals surface area contributed by atoms with Crippen molar-refractivity contribution in [1.29, 1.82) is 0 Å². The van der Waals surface area contributed by atoms with Crippen molar-refractivity contribution in [2.75, 3.05) is 0 Å². The molecule has 19 heteroatoms. The van der Waals surface area contributed by atoms with Crippen LogP contribution in [0.4, 0.5) is 0 Å². The number of hydrogen-bond donors (Lipinski definition) is 0. The summed E-state index contributed by atoms with van der Waals surface area (Å²) >= 11 is 15.2. The number of alkyl halides is 1. The van der Waals surface area contributed by atoms with Gasteiger partial charge in [0.25, 0.3) is 0 Å². The molecule has 14 rings (SSSR count). The second-order valence-corrected chi connectivity index (χ2v) is 44.6. The fraction of sp³-hybridized carbons (Fsp3) is 0.150. The highest BCUT2D eigenvalue weighted by Crippen LogP contribution is 2.38. The number of carbonyl (C=O) groups is 1. The maximum Gasteiger partial charge on any atom is 0.190 e. The third-order valence-electron chi connectivity index (χ3n) is 16.7. The molecule has 0 heterocycles. The summed E-state index contributed by atoms with van der Waals surface area (Å²) in [6, 6.07) is 133. The van der Waals surface area contributed by atoms with Gasteiger partial charge in [0, 0.05) is 113 Å². The maximum atomic E-state index is 12.5. The number of hydrogen-bond acceptors (Lipinski definition) is 14. The highest BCUT2D eigenvalue weighted by atomic mass is 127. The van der Waals surface area contributed by atoms with Gasteiger partial charge in [-0.3, -0.25) is 9.00 Å². The van der Waals surface area contributed by atoms with Crippen molar-refractivity contribution >= 4 is 199 Å². The smallest absolute Gasteiger partial charge is 0.190 e. The van der Waals surface area contributed by atoms with E-state index in [1.807, 2.05) is 195 Å². The van der Waals surface area contributed by atoms with Crippen LogP contribution in [0.2, 0.25) is 0 Å². The number of rotatable bonds is 34. The number of benzene rings is 14. The molecule has 0 aliphatic heterocycles. The van der Waals surface area contributed by atoms with Crippen LogP contribution in [0.3, 0.4) is 0 Å². The van der Waals surface area contributed by atoms with E-state index >= 15 is 0 Å². The first-order valence-electron chi connectivity index (χ1n) is 38.3. The van der Waals surface area contributed by atoms with Crippen molar-refractivity contribution in [2.24, 2.45) is 0 Å². The molecule has 612 valence electrons. The Labute approximate surface area is 786 Å². The van der Waals surface area contributed by atoms with E-state index in [2.05, 4.69) is 322 Å². The van der Waals surface area contributed by atoms with Crippen LogP contribution in [0.25, 0.3) is 0 Å². The Morgan fingerprint density at radius 3 is 0.899 bits per heavy atom. The van der Waals surface area contributed by atoms with Gasteiger partial charge in [-0.05, 0) is 196 Å². The number of halogens is 3. The van der Waals surface area contributed by atoms with Crippen LogP contribution in [0.15, 0.2) is 408 Å². The van der Waals surface area contributed by atoms with Crippen LogP contribution < -0.4 is 0 Å². The molecule has 14 aromatic rings. The van der Waals surface area contributed by atoms with Crippen molar-refractivity contribution in [1.82, 2.24) is 0 Å². The van der Waals surface area contributed by atoms with Crippen molar-refractivity contribution < 1.29 is 17.4 Å². The quantitative estimate of drug-likeness (QED) is 0.0166. The Balaban J connectivity index is 0.000000166. The molecule has 4 nitrogen and oxygen atoms in total. The lowest BCUT2D eigenvalue weighted by molar-refractivity contribution is -0.109. The third kappa shape index (κ3) is 43.0. The largest absolute Gasteiger partial charge is 0.287 e. The van der Waals surface area contributed by atoms with Gasteiger partial charge >= 0.3 is 0 Å². The predicted molar refractivity (Wildman–Crippen MR) is 553 cm³/mol. The molecular weight excluding hydrogens is 1980 g/mol. The van der Waals surface area contributed by atoms with Gasteiger partial charge in [-0.2, -0.15) is 35.3 Å². The van der Waals surface area contributed by atoms with Gasteiger partial charge in [-0.1, -0.05) is 408 Å². The molecule has 0 aliphatic carbocycles. The molecular formula is C100H95BrI2O4S12. The van der Waals surface area contributed by atoms with E-state index in [4.69, 9.17) is 0 Å². The molecule has 1 atom stereocenters. The molecule has 0 fully saturated rings. The lowest BCUT2D eigenvalue weighted by Gasteiger charge is -2.07. The van der Waals surface area contributed by atoms with Crippen LogP contribution in [-0.4, -0.2) is 17.7 Å². The van der Waals surface area contributed by atoms with Gasteiger partial charge in [-0.25, -0.2) is 8.42 Å². The molecule has 14 aromatic carbocycles. The van der Waals surface area contributed by atoms with E-state index in [0.717, 1.165) is 89.2 Å². The molecule has 0 bridgehead atoms. The highest BCUT2D eigenvalue weighted by molar-refractivity contribution is 14.1. The summed E-state index contributed by atoms with van der Waals surface area (Å²) in [5, 5.41) is 1.08. The summed E-state index contributed by atoms with van der Waals surface area (Å²) in [6.45, 7) is 1.60. The average Bonchev–Trinajstić information content (AvgIpc) is 0.855. The Morgan fingerprint density at radius 1 is 0.286 bits per heavy atom. The summed E-state index contributed by atoms with van der Waals surface area (Å²) in [5.74, 6) is 10.6. The molecule has 0 spiro atoms. The third-order valence-corrected chi connectivity index (χ3v) is 32.5. The fourth-order valence-electron chi connectivity index (χ4n) is 11.1. The van der Waals surface area contributed by atoms with Crippen LogP contribution in [0, 0.1) is 7.14 Å². The van der Waals surface area contributed by atoms with E-state index in [1.165, 1.54) is 84.3 Å². The first-order valence-corrected chi connectivity index (χ1v) is 56.1. The van der Waals surface area contributed by atoms with Crippen LogP contribution >= 0.6 is 173 Å². The van der Waals surface area contributed by atoms with Crippen molar-refractivity contribution in [3.8, 4) is 0 Å². The van der Waals surface area contributed by atoms with Crippen molar-refractivity contribution in [3.63, 3.8) is 0 Å². The van der Waals surface area contributed by atoms with Gasteiger partial charge in [0.1, 0.15) is 0 Å². The summed E-state index contributed by atoms with van der Waals surface area (Å²) in [5.41, 5.74) is 17.5. The predicted octanol–water partition coefficient (Wildman–Crippen LogP) is 31.5. The fourth-order valence-corrected chi connectivity index (χ4v) is 25.4. The summed E-state index contributed by atoms with van der Waals surface area (Å²) in [4.78, 5) is 15.8. The molecule has 119 heavy (non-hydrogen) atoms. The van der Waals surface area contributed by atoms with Gasteiger partial charge in [0.2, 0.25) is 0 Å². The molecule has 0 saturated carbocycles. The minimum atomic E-state index is -3.18. The number of thioether (sulfide) groups is 4. The van der Waals surface area contributed by atoms with E-state index in [9.17, 15) is 17.4 Å². The summed E-state index contributed by atoms with van der Waals surface area (Å²) in [6.07, 6.45) is 0. The monoisotopic (exact) mass is 2080 g/mol. The second kappa shape index (κ2) is 58.4. The van der Waals surface area contributed by atoms with Crippen molar-refractivity contribution in [2.45, 2.75) is 107 Å². The molecule has 0 aromatic heterocycles. The molecule has 0 N–H and O–H groups in total. The average molecular weight is 2080 g/mol. The van der Waals surface area contributed by atoms with E-state index in [0.29, 0.717) is 11.5 Å². The SMILES string of the molecule is BrCc1cccc(I)c1.CC(=O)Sc1cccc(CSCc2ccccc2)c1.Ic1cccc(CSCc2ccccc2)c1.O=S(=O)(Cc1ccccc1)Cc1cccc(SSCc2ccccc2)c1.O=S(Cc1ccccc1)Cc1cccc(SSCc2ccccc2)c1.c1ccc(CSCc2cccc(SSCc3ccccc3)c2)cc1. The molecule has 1 unspecified atom stereocenters. The lowest BCUT2D eigenvalue weighted by Crippen LogP contribution is -2.07. The molecule has 0 saturated heterocycles. The second-order valence-electron chi connectivity index (χ2n) is 26.7. The first-order chi connectivity index (χ1) is 58.2. The van der Waals surface area contributed by atoms with Gasteiger partial charge in [-0.15, -0.1) is 0 Å². The number of sulfone groups is 1. The zero-order valence-corrected chi connectivity index (χ0v) is 81.7.